The summed E-state index contributed by atoms with van der Waals surface area (Å²) < 4.78 is 4.89. The number of amides is 1. The minimum atomic E-state index is -0.198. The molecule has 0 aliphatic carbocycles. The van der Waals surface area contributed by atoms with E-state index < -0.39 is 0 Å². The van der Waals surface area contributed by atoms with Gasteiger partial charge in [-0.25, -0.2) is 0 Å². The Morgan fingerprint density at radius 3 is 2.94 bits per heavy atom. The first-order valence-corrected chi connectivity index (χ1v) is 5.75. The van der Waals surface area contributed by atoms with Crippen LogP contribution in [0.5, 0.6) is 0 Å². The van der Waals surface area contributed by atoms with Crippen LogP contribution in [0.1, 0.15) is 18.4 Å². The zero-order valence-corrected chi connectivity index (χ0v) is 10.4. The first-order valence-electron chi connectivity index (χ1n) is 5.75. The molecule has 1 amide bonds. The third-order valence-electron chi connectivity index (χ3n) is 2.26. The van der Waals surface area contributed by atoms with E-state index in [0.717, 1.165) is 0 Å². The van der Waals surface area contributed by atoms with Crippen LogP contribution < -0.4 is 5.32 Å². The van der Waals surface area contributed by atoms with E-state index in [-0.39, 0.29) is 12.5 Å². The van der Waals surface area contributed by atoms with E-state index in [1.165, 1.54) is 0 Å². The van der Waals surface area contributed by atoms with Gasteiger partial charge in [0.1, 0.15) is 6.61 Å². The number of hydrogen-bond acceptors (Lipinski definition) is 3. The van der Waals surface area contributed by atoms with Crippen molar-refractivity contribution in [2.75, 3.05) is 25.6 Å². The van der Waals surface area contributed by atoms with E-state index in [2.05, 4.69) is 17.2 Å². The minimum absolute atomic E-state index is 0.0645. The van der Waals surface area contributed by atoms with E-state index in [0.29, 0.717) is 30.7 Å². The van der Waals surface area contributed by atoms with Gasteiger partial charge in [0.25, 0.3) is 0 Å². The Labute approximate surface area is 107 Å². The van der Waals surface area contributed by atoms with Crippen molar-refractivity contribution < 1.29 is 14.6 Å². The van der Waals surface area contributed by atoms with Gasteiger partial charge in [0.05, 0.1) is 5.69 Å². The summed E-state index contributed by atoms with van der Waals surface area (Å²) in [5, 5.41) is 11.5. The largest absolute Gasteiger partial charge is 0.385 e. The lowest BCUT2D eigenvalue weighted by Crippen LogP contribution is -2.13. The van der Waals surface area contributed by atoms with Crippen LogP contribution in [-0.2, 0) is 9.53 Å². The van der Waals surface area contributed by atoms with Crippen LogP contribution in [0.15, 0.2) is 24.3 Å². The predicted octanol–water partition coefficient (Wildman–Crippen LogP) is 1.40. The summed E-state index contributed by atoms with van der Waals surface area (Å²) in [5.74, 6) is 5.30. The van der Waals surface area contributed by atoms with Gasteiger partial charge in [-0.1, -0.05) is 24.0 Å². The van der Waals surface area contributed by atoms with Crippen LogP contribution in [0, 0.1) is 11.8 Å². The molecule has 0 spiro atoms. The second-order valence-electron chi connectivity index (χ2n) is 3.65. The van der Waals surface area contributed by atoms with Crippen molar-refractivity contribution in [3.05, 3.63) is 29.8 Å². The van der Waals surface area contributed by atoms with Crippen LogP contribution in [-0.4, -0.2) is 31.3 Å². The smallest absolute Gasteiger partial charge is 0.224 e. The molecule has 18 heavy (non-hydrogen) atoms. The third-order valence-corrected chi connectivity index (χ3v) is 2.26. The van der Waals surface area contributed by atoms with Crippen molar-refractivity contribution in [1.82, 2.24) is 0 Å². The number of anilines is 1. The quantitative estimate of drug-likeness (QED) is 0.610. The molecule has 0 aliphatic heterocycles. The average molecular weight is 247 g/mol. The molecule has 0 aliphatic rings. The molecular formula is C14H17NO3. The molecule has 0 saturated heterocycles. The molecule has 0 unspecified atom stereocenters. The number of ether oxygens (including phenoxy) is 1. The van der Waals surface area contributed by atoms with Crippen molar-refractivity contribution in [2.45, 2.75) is 12.8 Å². The van der Waals surface area contributed by atoms with Gasteiger partial charge in [0.2, 0.25) is 5.91 Å². The molecule has 0 atom stereocenters. The second-order valence-corrected chi connectivity index (χ2v) is 3.65. The van der Waals surface area contributed by atoms with E-state index in [4.69, 9.17) is 9.84 Å². The normalized spacial score (nSPS) is 9.44. The maximum atomic E-state index is 11.6. The van der Waals surface area contributed by atoms with Crippen LogP contribution in [0.3, 0.4) is 0 Å². The van der Waals surface area contributed by atoms with E-state index in [9.17, 15) is 4.79 Å². The number of para-hydroxylation sites is 1. The molecule has 96 valence electrons. The number of aliphatic hydroxyl groups excluding tert-OH is 1. The number of hydrogen-bond donors (Lipinski definition) is 2. The van der Waals surface area contributed by atoms with Gasteiger partial charge in [0, 0.05) is 25.7 Å². The van der Waals surface area contributed by atoms with Crippen molar-refractivity contribution in [1.29, 1.82) is 0 Å². The highest BCUT2D eigenvalue weighted by Gasteiger charge is 2.04. The Morgan fingerprint density at radius 1 is 1.44 bits per heavy atom. The molecular weight excluding hydrogens is 230 g/mol. The molecule has 0 saturated carbocycles. The zero-order valence-electron chi connectivity index (χ0n) is 10.4. The average Bonchev–Trinajstić information content (AvgIpc) is 2.38. The molecule has 0 fully saturated rings. The van der Waals surface area contributed by atoms with Crippen LogP contribution in [0.2, 0.25) is 0 Å². The third kappa shape index (κ3) is 5.00. The molecule has 4 heteroatoms. The summed E-state index contributed by atoms with van der Waals surface area (Å²) in [6, 6.07) is 7.25. The Balaban J connectivity index is 2.63. The summed E-state index contributed by atoms with van der Waals surface area (Å²) >= 11 is 0. The Morgan fingerprint density at radius 2 is 2.22 bits per heavy atom. The number of rotatable bonds is 5. The van der Waals surface area contributed by atoms with E-state index in [1.54, 1.807) is 19.2 Å². The first-order chi connectivity index (χ1) is 8.77. The minimum Gasteiger partial charge on any atom is -0.385 e. The number of carbonyl (C=O) groups is 1. The lowest BCUT2D eigenvalue weighted by molar-refractivity contribution is -0.116. The van der Waals surface area contributed by atoms with Crippen molar-refractivity contribution in [3.63, 3.8) is 0 Å². The summed E-state index contributed by atoms with van der Waals surface area (Å²) in [5.41, 5.74) is 1.37. The molecule has 4 nitrogen and oxygen atoms in total. The van der Waals surface area contributed by atoms with Crippen LogP contribution in [0.4, 0.5) is 5.69 Å². The highest BCUT2D eigenvalue weighted by molar-refractivity contribution is 5.92. The summed E-state index contributed by atoms with van der Waals surface area (Å²) in [4.78, 5) is 11.6. The molecule has 1 rings (SSSR count). The van der Waals surface area contributed by atoms with E-state index >= 15 is 0 Å². The van der Waals surface area contributed by atoms with Crippen molar-refractivity contribution in [2.24, 2.45) is 0 Å². The van der Waals surface area contributed by atoms with Crippen LogP contribution in [0.25, 0.3) is 0 Å². The molecule has 0 heterocycles. The van der Waals surface area contributed by atoms with Gasteiger partial charge in [-0.05, 0) is 18.6 Å². The van der Waals surface area contributed by atoms with Gasteiger partial charge in [-0.2, -0.15) is 0 Å². The Bertz CT molecular complexity index is 446. The lowest BCUT2D eigenvalue weighted by Gasteiger charge is -2.07. The van der Waals surface area contributed by atoms with Gasteiger partial charge < -0.3 is 15.2 Å². The van der Waals surface area contributed by atoms with Gasteiger partial charge in [0.15, 0.2) is 0 Å². The number of methoxy groups -OCH3 is 1. The Hall–Kier alpha value is -1.83. The van der Waals surface area contributed by atoms with E-state index in [1.807, 2.05) is 12.1 Å². The highest BCUT2D eigenvalue weighted by atomic mass is 16.5. The first kappa shape index (κ1) is 14.2. The molecule has 0 aromatic heterocycles. The number of benzene rings is 1. The highest BCUT2D eigenvalue weighted by Crippen LogP contribution is 2.14. The number of aliphatic hydroxyl groups is 1. The standard InChI is InChI=1S/C14H17NO3/c1-18-11-5-9-14(17)15-13-8-3-2-6-12(13)7-4-10-16/h2-3,6,8,16H,5,9-11H2,1H3,(H,15,17). The zero-order chi connectivity index (χ0) is 13.2. The van der Waals surface area contributed by atoms with Crippen LogP contribution >= 0.6 is 0 Å². The number of nitrogens with one attached hydrogen (secondary N) is 1. The Kier molecular flexibility index (Phi) is 6.55. The van der Waals surface area contributed by atoms with Gasteiger partial charge >= 0.3 is 0 Å². The van der Waals surface area contributed by atoms with Gasteiger partial charge in [-0.15, -0.1) is 0 Å². The fourth-order valence-electron chi connectivity index (χ4n) is 1.43. The maximum absolute atomic E-state index is 11.6. The van der Waals surface area contributed by atoms with Crippen molar-refractivity contribution >= 4 is 11.6 Å². The molecule has 1 aromatic carbocycles. The fraction of sp³-hybridized carbons (Fsp3) is 0.357. The second kappa shape index (κ2) is 8.29. The molecule has 0 radical (unpaired) electrons. The topological polar surface area (TPSA) is 58.6 Å². The van der Waals surface area contributed by atoms with Crippen molar-refractivity contribution in [3.8, 4) is 11.8 Å². The molecule has 1 aromatic rings. The fourth-order valence-corrected chi connectivity index (χ4v) is 1.43. The van der Waals surface area contributed by atoms with Gasteiger partial charge in [-0.3, -0.25) is 4.79 Å². The molecule has 0 bridgehead atoms. The SMILES string of the molecule is COCCCC(=O)Nc1ccccc1C#CCO. The summed E-state index contributed by atoms with van der Waals surface area (Å²) in [6.07, 6.45) is 1.10. The maximum Gasteiger partial charge on any atom is 0.224 e. The summed E-state index contributed by atoms with van der Waals surface area (Å²) in [6.45, 7) is 0.371. The molecule has 2 N–H and O–H groups in total. The predicted molar refractivity (Wildman–Crippen MR) is 70.1 cm³/mol. The monoisotopic (exact) mass is 247 g/mol. The summed E-state index contributed by atoms with van der Waals surface area (Å²) in [7, 11) is 1.61. The lowest BCUT2D eigenvalue weighted by atomic mass is 10.1. The number of carbonyl (C=O) groups excluding carboxylic acids is 1.